The monoisotopic (exact) mass is 512 g/mol. The first kappa shape index (κ1) is 28.7. The summed E-state index contributed by atoms with van der Waals surface area (Å²) < 4.78 is 6.82. The molecule has 3 aromatic rings. The Hall–Kier alpha value is -2.28. The minimum atomic E-state index is -0.0416. The average Bonchev–Trinajstić information content (AvgIpc) is 2.89. The maximum atomic E-state index is 6.82. The van der Waals surface area contributed by atoms with Crippen LogP contribution in [0.4, 0.5) is 0 Å². The minimum absolute atomic E-state index is 0.0416. The van der Waals surface area contributed by atoms with E-state index in [-0.39, 0.29) is 5.60 Å². The van der Waals surface area contributed by atoms with Gasteiger partial charge in [-0.2, -0.15) is 0 Å². The van der Waals surface area contributed by atoms with E-state index in [2.05, 4.69) is 96.1 Å². The van der Waals surface area contributed by atoms with Gasteiger partial charge in [-0.3, -0.25) is 0 Å². The van der Waals surface area contributed by atoms with Crippen LogP contribution in [0, 0.1) is 24.7 Å². The molecule has 3 aromatic carbocycles. The van der Waals surface area contributed by atoms with Crippen molar-refractivity contribution in [3.63, 3.8) is 0 Å². The molecule has 1 aliphatic heterocycles. The van der Waals surface area contributed by atoms with Crippen molar-refractivity contribution in [2.75, 3.05) is 0 Å². The topological polar surface area (TPSA) is 9.23 Å². The Morgan fingerprint density at radius 1 is 0.763 bits per heavy atom. The van der Waals surface area contributed by atoms with E-state index in [1.807, 2.05) is 0 Å². The van der Waals surface area contributed by atoms with Gasteiger partial charge in [0, 0.05) is 5.56 Å². The molecule has 0 aromatic heterocycles. The molecule has 206 valence electrons. The molecule has 1 heteroatoms. The van der Waals surface area contributed by atoms with Crippen LogP contribution < -0.4 is 4.74 Å². The Morgan fingerprint density at radius 2 is 1.42 bits per heavy atom. The molecule has 4 rings (SSSR count). The molecule has 0 saturated carbocycles. The average molecular weight is 513 g/mol. The second-order valence-corrected chi connectivity index (χ2v) is 13.2. The zero-order valence-electron chi connectivity index (χ0n) is 25.1. The number of fused-ring (bicyclic) bond motifs is 3. The normalized spacial score (nSPS) is 18.8. The van der Waals surface area contributed by atoms with Gasteiger partial charge in [-0.1, -0.05) is 115 Å². The summed E-state index contributed by atoms with van der Waals surface area (Å²) in [5, 5.41) is 2.69. The smallest absolute Gasteiger partial charge is 0.126 e. The first-order chi connectivity index (χ1) is 18.2. The van der Waals surface area contributed by atoms with Gasteiger partial charge in [0.15, 0.2) is 0 Å². The highest BCUT2D eigenvalue weighted by Gasteiger charge is 2.33. The van der Waals surface area contributed by atoms with Crippen LogP contribution in [0.5, 0.6) is 5.75 Å². The Bertz CT molecular complexity index is 1160. The van der Waals surface area contributed by atoms with E-state index >= 15 is 0 Å². The summed E-state index contributed by atoms with van der Waals surface area (Å²) in [7, 11) is 0. The van der Waals surface area contributed by atoms with Gasteiger partial charge < -0.3 is 4.74 Å². The summed E-state index contributed by atoms with van der Waals surface area (Å²) in [6.45, 7) is 14.2. The molecule has 3 atom stereocenters. The molecule has 0 radical (unpaired) electrons. The molecule has 0 saturated heterocycles. The molecule has 1 nitrogen and oxygen atoms in total. The molecule has 0 unspecified atom stereocenters. The van der Waals surface area contributed by atoms with E-state index in [1.165, 1.54) is 84.4 Å². The SMILES string of the molecule is Cc1cc2cc(-c3ccccc3)ccc2c2c1O[C@](C)(CCC[C@H](C)CCC[C@H](C)CCCC(C)C)CC2. The van der Waals surface area contributed by atoms with Gasteiger partial charge in [-0.05, 0) is 96.9 Å². The maximum absolute atomic E-state index is 6.82. The minimum Gasteiger partial charge on any atom is -0.487 e. The van der Waals surface area contributed by atoms with Gasteiger partial charge in [0.25, 0.3) is 0 Å². The van der Waals surface area contributed by atoms with Crippen LogP contribution in [0.15, 0.2) is 54.6 Å². The van der Waals surface area contributed by atoms with Crippen molar-refractivity contribution in [2.24, 2.45) is 17.8 Å². The first-order valence-corrected chi connectivity index (χ1v) is 15.5. The number of benzene rings is 3. The quantitative estimate of drug-likeness (QED) is 0.221. The highest BCUT2D eigenvalue weighted by atomic mass is 16.5. The largest absolute Gasteiger partial charge is 0.487 e. The van der Waals surface area contributed by atoms with Gasteiger partial charge in [0.2, 0.25) is 0 Å². The van der Waals surface area contributed by atoms with Gasteiger partial charge in [0.1, 0.15) is 11.4 Å². The summed E-state index contributed by atoms with van der Waals surface area (Å²) in [4.78, 5) is 0. The Balaban J connectivity index is 1.28. The molecule has 0 bridgehead atoms. The molecule has 0 aliphatic carbocycles. The highest BCUT2D eigenvalue weighted by Crippen LogP contribution is 2.43. The summed E-state index contributed by atoms with van der Waals surface area (Å²) in [5.41, 5.74) is 5.21. The fraction of sp³-hybridized carbons (Fsp3) is 0.568. The lowest BCUT2D eigenvalue weighted by atomic mass is 9.84. The number of aryl methyl sites for hydroxylation is 2. The van der Waals surface area contributed by atoms with Crippen LogP contribution in [0.1, 0.15) is 110 Å². The lowest BCUT2D eigenvalue weighted by molar-refractivity contribution is 0.0521. The third-order valence-electron chi connectivity index (χ3n) is 9.02. The molecule has 0 spiro atoms. The molecule has 1 aliphatic rings. The number of hydrogen-bond acceptors (Lipinski definition) is 1. The molecule has 0 N–H and O–H groups in total. The Kier molecular flexibility index (Phi) is 9.97. The van der Waals surface area contributed by atoms with Crippen molar-refractivity contribution < 1.29 is 4.74 Å². The van der Waals surface area contributed by atoms with Crippen molar-refractivity contribution in [2.45, 2.75) is 118 Å². The van der Waals surface area contributed by atoms with Crippen molar-refractivity contribution in [1.29, 1.82) is 0 Å². The van der Waals surface area contributed by atoms with Crippen LogP contribution in [-0.4, -0.2) is 5.60 Å². The van der Waals surface area contributed by atoms with Crippen molar-refractivity contribution >= 4 is 10.8 Å². The fourth-order valence-electron chi connectivity index (χ4n) is 6.48. The van der Waals surface area contributed by atoms with E-state index in [1.54, 1.807) is 0 Å². The zero-order chi connectivity index (χ0) is 27.1. The predicted octanol–water partition coefficient (Wildman–Crippen LogP) is 11.3. The van der Waals surface area contributed by atoms with E-state index in [4.69, 9.17) is 4.74 Å². The Morgan fingerprint density at radius 3 is 2.11 bits per heavy atom. The van der Waals surface area contributed by atoms with Crippen LogP contribution in [0.3, 0.4) is 0 Å². The maximum Gasteiger partial charge on any atom is 0.126 e. The predicted molar refractivity (Wildman–Crippen MR) is 166 cm³/mol. The second kappa shape index (κ2) is 13.2. The van der Waals surface area contributed by atoms with E-state index in [0.717, 1.165) is 42.8 Å². The lowest BCUT2D eigenvalue weighted by Gasteiger charge is -2.37. The molecule has 0 amide bonds. The van der Waals surface area contributed by atoms with Gasteiger partial charge in [-0.15, -0.1) is 0 Å². The third-order valence-corrected chi connectivity index (χ3v) is 9.02. The standard InChI is InChI=1S/C37H52O/c1-27(2)13-10-14-28(3)15-11-16-29(4)17-12-23-37(6)24-22-35-34-21-20-32(31-18-8-7-9-19-31)26-33(34)25-30(5)36(35)38-37/h7-9,18-21,25-29H,10-17,22-24H2,1-6H3/t28-,29-,37-/m1/s1. The van der Waals surface area contributed by atoms with Crippen LogP contribution in [-0.2, 0) is 6.42 Å². The third kappa shape index (κ3) is 7.64. The highest BCUT2D eigenvalue weighted by molar-refractivity contribution is 5.92. The summed E-state index contributed by atoms with van der Waals surface area (Å²) in [5.74, 6) is 3.71. The van der Waals surface area contributed by atoms with Crippen LogP contribution in [0.25, 0.3) is 21.9 Å². The van der Waals surface area contributed by atoms with Crippen molar-refractivity contribution in [3.8, 4) is 16.9 Å². The zero-order valence-corrected chi connectivity index (χ0v) is 25.1. The lowest BCUT2D eigenvalue weighted by Crippen LogP contribution is -2.36. The first-order valence-electron chi connectivity index (χ1n) is 15.5. The van der Waals surface area contributed by atoms with Gasteiger partial charge in [-0.25, -0.2) is 0 Å². The van der Waals surface area contributed by atoms with Gasteiger partial charge >= 0.3 is 0 Å². The number of hydrogen-bond donors (Lipinski definition) is 0. The summed E-state index contributed by atoms with van der Waals surface area (Å²) >= 11 is 0. The van der Waals surface area contributed by atoms with E-state index < -0.39 is 0 Å². The number of ether oxygens (including phenoxy) is 1. The van der Waals surface area contributed by atoms with E-state index in [9.17, 15) is 0 Å². The summed E-state index contributed by atoms with van der Waals surface area (Å²) in [6, 6.07) is 20.0. The van der Waals surface area contributed by atoms with Gasteiger partial charge in [0.05, 0.1) is 0 Å². The van der Waals surface area contributed by atoms with Crippen molar-refractivity contribution in [3.05, 3.63) is 65.7 Å². The molecule has 1 heterocycles. The Labute approximate surface area is 233 Å². The molecule has 0 fully saturated rings. The van der Waals surface area contributed by atoms with Crippen molar-refractivity contribution in [1.82, 2.24) is 0 Å². The van der Waals surface area contributed by atoms with Crippen LogP contribution in [0.2, 0.25) is 0 Å². The molecule has 38 heavy (non-hydrogen) atoms. The summed E-state index contributed by atoms with van der Waals surface area (Å²) in [6.07, 6.45) is 14.3. The molecular formula is C37H52O. The molecular weight excluding hydrogens is 460 g/mol. The van der Waals surface area contributed by atoms with Crippen LogP contribution >= 0.6 is 0 Å². The fourth-order valence-corrected chi connectivity index (χ4v) is 6.48. The number of rotatable bonds is 13. The second-order valence-electron chi connectivity index (χ2n) is 13.2. The van der Waals surface area contributed by atoms with E-state index in [0.29, 0.717) is 0 Å².